The van der Waals surface area contributed by atoms with Gasteiger partial charge in [0.05, 0.1) is 7.11 Å². The minimum Gasteiger partial charge on any atom is -0.497 e. The molecule has 0 fully saturated rings. The molecule has 2 aromatic carbocycles. The lowest BCUT2D eigenvalue weighted by Crippen LogP contribution is -1.82. The molecule has 2 rings (SSSR count). The van der Waals surface area contributed by atoms with Gasteiger partial charge < -0.3 is 11.2 Å². The predicted octanol–water partition coefficient (Wildman–Crippen LogP) is 3.03. The molecule has 86 valence electrons. The van der Waals surface area contributed by atoms with Gasteiger partial charge in [-0.15, -0.1) is 17.7 Å². The summed E-state index contributed by atoms with van der Waals surface area (Å²) in [5, 5.41) is 0. The van der Waals surface area contributed by atoms with Crippen LogP contribution >= 0.6 is 0 Å². The molecule has 0 N–H and O–H groups in total. The molecular weight excluding hydrogens is 220 g/mol. The van der Waals surface area contributed by atoms with Gasteiger partial charge in [-0.1, -0.05) is 24.0 Å². The molecular formula is C17H11O-. The molecule has 2 aromatic rings. The molecule has 0 spiro atoms. The van der Waals surface area contributed by atoms with E-state index in [1.54, 1.807) is 7.11 Å². The van der Waals surface area contributed by atoms with Gasteiger partial charge in [-0.2, -0.15) is 0 Å². The lowest BCUT2D eigenvalue weighted by molar-refractivity contribution is 0.415. The van der Waals surface area contributed by atoms with E-state index in [4.69, 9.17) is 11.2 Å². The Balaban J connectivity index is 2.17. The molecule has 0 atom stereocenters. The maximum absolute atomic E-state index is 6.99. The van der Waals surface area contributed by atoms with Crippen molar-refractivity contribution in [1.82, 2.24) is 0 Å². The van der Waals surface area contributed by atoms with Gasteiger partial charge in [0.1, 0.15) is 5.75 Å². The van der Waals surface area contributed by atoms with Crippen LogP contribution in [0.25, 0.3) is 0 Å². The number of hydrogen-bond donors (Lipinski definition) is 0. The molecule has 0 radical (unpaired) electrons. The molecule has 1 heteroatoms. The van der Waals surface area contributed by atoms with Crippen molar-refractivity contribution >= 4 is 0 Å². The van der Waals surface area contributed by atoms with E-state index in [-0.39, 0.29) is 0 Å². The summed E-state index contributed by atoms with van der Waals surface area (Å²) in [5.74, 6) is 9.30. The largest absolute Gasteiger partial charge is 0.497 e. The number of benzene rings is 2. The van der Waals surface area contributed by atoms with Crippen LogP contribution in [0.15, 0.2) is 48.5 Å². The Bertz CT molecular complexity index is 617. The van der Waals surface area contributed by atoms with E-state index in [0.717, 1.165) is 22.4 Å². The first kappa shape index (κ1) is 11.8. The van der Waals surface area contributed by atoms with Crippen molar-refractivity contribution in [2.24, 2.45) is 0 Å². The SMILES string of the molecule is [C-]#Cc1ccc(C#Cc2ccc(OC)cc2)cc1. The summed E-state index contributed by atoms with van der Waals surface area (Å²) in [7, 11) is 1.64. The quantitative estimate of drug-likeness (QED) is 0.541. The first-order valence-electron chi connectivity index (χ1n) is 5.51. The summed E-state index contributed by atoms with van der Waals surface area (Å²) < 4.78 is 5.08. The molecule has 0 aliphatic carbocycles. The zero-order chi connectivity index (χ0) is 12.8. The molecule has 18 heavy (non-hydrogen) atoms. The summed E-state index contributed by atoms with van der Waals surface area (Å²) in [5.41, 5.74) is 2.62. The highest BCUT2D eigenvalue weighted by molar-refractivity contribution is 5.46. The molecule has 0 saturated carbocycles. The van der Waals surface area contributed by atoms with E-state index in [1.165, 1.54) is 0 Å². The average Bonchev–Trinajstić information content (AvgIpc) is 2.46. The van der Waals surface area contributed by atoms with Crippen LogP contribution in [0.3, 0.4) is 0 Å². The first-order chi connectivity index (χ1) is 8.81. The number of rotatable bonds is 1. The van der Waals surface area contributed by atoms with E-state index in [2.05, 4.69) is 17.8 Å². The Morgan fingerprint density at radius 2 is 1.22 bits per heavy atom. The minimum atomic E-state index is 0.755. The normalized spacial score (nSPS) is 8.89. The van der Waals surface area contributed by atoms with Crippen LogP contribution in [0, 0.1) is 24.2 Å². The average molecular weight is 231 g/mol. The summed E-state index contributed by atoms with van der Waals surface area (Å²) in [6.45, 7) is 0. The van der Waals surface area contributed by atoms with Crippen molar-refractivity contribution < 1.29 is 4.74 Å². The zero-order valence-electron chi connectivity index (χ0n) is 10.0. The molecule has 0 aliphatic rings. The van der Waals surface area contributed by atoms with Gasteiger partial charge in [0.25, 0.3) is 0 Å². The van der Waals surface area contributed by atoms with Crippen LogP contribution in [-0.2, 0) is 0 Å². The van der Waals surface area contributed by atoms with Crippen LogP contribution in [0.5, 0.6) is 5.75 Å². The summed E-state index contributed by atoms with van der Waals surface area (Å²) in [4.78, 5) is 0. The van der Waals surface area contributed by atoms with Gasteiger partial charge in [-0.25, -0.2) is 0 Å². The second-order valence-corrected chi connectivity index (χ2v) is 3.68. The fourth-order valence-electron chi connectivity index (χ4n) is 1.46. The van der Waals surface area contributed by atoms with Crippen LogP contribution in [-0.4, -0.2) is 7.11 Å². The monoisotopic (exact) mass is 231 g/mol. The van der Waals surface area contributed by atoms with Crippen LogP contribution in [0.1, 0.15) is 16.7 Å². The molecule has 0 aromatic heterocycles. The number of ether oxygens (including phenoxy) is 1. The maximum Gasteiger partial charge on any atom is 0.118 e. The van der Waals surface area contributed by atoms with E-state index in [0.29, 0.717) is 0 Å². The second-order valence-electron chi connectivity index (χ2n) is 3.68. The summed E-state index contributed by atoms with van der Waals surface area (Å²) >= 11 is 0. The van der Waals surface area contributed by atoms with Gasteiger partial charge in [0.15, 0.2) is 0 Å². The highest BCUT2D eigenvalue weighted by atomic mass is 16.5. The lowest BCUT2D eigenvalue weighted by Gasteiger charge is -1.99. The molecule has 0 saturated heterocycles. The van der Waals surface area contributed by atoms with E-state index in [1.807, 2.05) is 48.5 Å². The predicted molar refractivity (Wildman–Crippen MR) is 71.6 cm³/mol. The first-order valence-corrected chi connectivity index (χ1v) is 5.51. The van der Waals surface area contributed by atoms with Crippen molar-refractivity contribution in [3.63, 3.8) is 0 Å². The maximum atomic E-state index is 6.99. The van der Waals surface area contributed by atoms with Crippen molar-refractivity contribution in [1.29, 1.82) is 0 Å². The smallest absolute Gasteiger partial charge is 0.118 e. The molecule has 0 unspecified atom stereocenters. The third-order valence-corrected chi connectivity index (χ3v) is 2.47. The van der Waals surface area contributed by atoms with Crippen LogP contribution < -0.4 is 4.74 Å². The third kappa shape index (κ3) is 2.94. The highest BCUT2D eigenvalue weighted by Gasteiger charge is 1.90. The Kier molecular flexibility index (Phi) is 3.69. The van der Waals surface area contributed by atoms with Crippen molar-refractivity contribution in [3.05, 3.63) is 71.6 Å². The summed E-state index contributed by atoms with van der Waals surface area (Å²) in [6.07, 6.45) is 6.99. The van der Waals surface area contributed by atoms with Gasteiger partial charge in [0, 0.05) is 11.1 Å². The molecule has 0 heterocycles. The van der Waals surface area contributed by atoms with Crippen molar-refractivity contribution in [2.75, 3.05) is 7.11 Å². The van der Waals surface area contributed by atoms with Crippen molar-refractivity contribution in [3.8, 4) is 23.5 Å². The second kappa shape index (κ2) is 5.62. The topological polar surface area (TPSA) is 9.23 Å². The van der Waals surface area contributed by atoms with Gasteiger partial charge in [-0.3, -0.25) is 5.92 Å². The Labute approximate surface area is 107 Å². The number of methoxy groups -OCH3 is 1. The van der Waals surface area contributed by atoms with Gasteiger partial charge in [0.2, 0.25) is 0 Å². The molecule has 0 aliphatic heterocycles. The Morgan fingerprint density at radius 3 is 1.67 bits per heavy atom. The molecule has 0 bridgehead atoms. The minimum absolute atomic E-state index is 0.755. The zero-order valence-corrected chi connectivity index (χ0v) is 10.0. The van der Waals surface area contributed by atoms with Crippen LogP contribution in [0.2, 0.25) is 0 Å². The molecule has 0 amide bonds. The summed E-state index contributed by atoms with van der Waals surface area (Å²) in [6, 6.07) is 15.0. The van der Waals surface area contributed by atoms with E-state index < -0.39 is 0 Å². The van der Waals surface area contributed by atoms with E-state index >= 15 is 0 Å². The fraction of sp³-hybridized carbons (Fsp3) is 0.0588. The van der Waals surface area contributed by atoms with Gasteiger partial charge in [-0.05, 0) is 24.3 Å². The van der Waals surface area contributed by atoms with Gasteiger partial charge >= 0.3 is 0 Å². The molecule has 1 nitrogen and oxygen atoms in total. The highest BCUT2D eigenvalue weighted by Crippen LogP contribution is 2.10. The third-order valence-electron chi connectivity index (χ3n) is 2.47. The Morgan fingerprint density at radius 1 is 0.778 bits per heavy atom. The van der Waals surface area contributed by atoms with Crippen LogP contribution in [0.4, 0.5) is 0 Å². The lowest BCUT2D eigenvalue weighted by atomic mass is 10.1. The fourth-order valence-corrected chi connectivity index (χ4v) is 1.46. The standard InChI is InChI=1S/C17H11O/c1-3-14-4-6-15(7-5-14)8-9-16-10-12-17(18-2)13-11-16/h4-7,10-13H,2H3/q-1. The Hall–Kier alpha value is -2.64. The number of hydrogen-bond acceptors (Lipinski definition) is 1. The van der Waals surface area contributed by atoms with Crippen molar-refractivity contribution in [2.45, 2.75) is 0 Å². The van der Waals surface area contributed by atoms with E-state index in [9.17, 15) is 0 Å².